The van der Waals surface area contributed by atoms with Crippen LogP contribution in [0.15, 0.2) is 54.6 Å². The minimum atomic E-state index is 0.183. The standard InChI is InChI=1S/C25H33N3O/c1-20(2)23-13-7-9-21(3)25(23)26-19-24(29)28-17-15-27(16-18-28)14-8-12-22-10-5-4-6-11-22/h4-13,20,26H,14-19H2,1-3H3/b12-8+. The first kappa shape index (κ1) is 21.1. The van der Waals surface area contributed by atoms with Crippen molar-refractivity contribution in [3.63, 3.8) is 0 Å². The topological polar surface area (TPSA) is 35.6 Å². The van der Waals surface area contributed by atoms with E-state index in [2.05, 4.69) is 85.6 Å². The van der Waals surface area contributed by atoms with Crippen LogP contribution in [0.25, 0.3) is 6.08 Å². The molecule has 1 aliphatic heterocycles. The van der Waals surface area contributed by atoms with Gasteiger partial charge in [0.05, 0.1) is 6.54 Å². The van der Waals surface area contributed by atoms with E-state index in [0.29, 0.717) is 12.5 Å². The zero-order valence-electron chi connectivity index (χ0n) is 17.9. The second kappa shape index (κ2) is 10.3. The highest BCUT2D eigenvalue weighted by molar-refractivity contribution is 5.81. The van der Waals surface area contributed by atoms with Crippen LogP contribution in [0, 0.1) is 6.92 Å². The first-order valence-electron chi connectivity index (χ1n) is 10.6. The molecule has 1 aliphatic rings. The molecule has 1 saturated heterocycles. The molecule has 2 aromatic rings. The van der Waals surface area contributed by atoms with Gasteiger partial charge in [-0.1, -0.05) is 74.5 Å². The summed E-state index contributed by atoms with van der Waals surface area (Å²) in [5, 5.41) is 3.41. The monoisotopic (exact) mass is 391 g/mol. The Morgan fingerprint density at radius 2 is 1.76 bits per heavy atom. The number of carbonyl (C=O) groups is 1. The van der Waals surface area contributed by atoms with Gasteiger partial charge in [-0.05, 0) is 29.5 Å². The number of hydrogen-bond donors (Lipinski definition) is 1. The van der Waals surface area contributed by atoms with Crippen molar-refractivity contribution in [2.45, 2.75) is 26.7 Å². The number of rotatable bonds is 7. The maximum Gasteiger partial charge on any atom is 0.241 e. The Balaban J connectivity index is 1.45. The van der Waals surface area contributed by atoms with Gasteiger partial charge in [0, 0.05) is 38.4 Å². The lowest BCUT2D eigenvalue weighted by atomic mass is 9.98. The summed E-state index contributed by atoms with van der Waals surface area (Å²) < 4.78 is 0. The fourth-order valence-corrected chi connectivity index (χ4v) is 3.77. The maximum absolute atomic E-state index is 12.7. The maximum atomic E-state index is 12.7. The highest BCUT2D eigenvalue weighted by Crippen LogP contribution is 2.27. The summed E-state index contributed by atoms with van der Waals surface area (Å²) in [4.78, 5) is 17.1. The second-order valence-electron chi connectivity index (χ2n) is 8.04. The van der Waals surface area contributed by atoms with Crippen LogP contribution in [-0.2, 0) is 4.79 Å². The molecule has 154 valence electrons. The van der Waals surface area contributed by atoms with Crippen LogP contribution in [0.5, 0.6) is 0 Å². The van der Waals surface area contributed by atoms with Gasteiger partial charge >= 0.3 is 0 Å². The average molecular weight is 392 g/mol. The highest BCUT2D eigenvalue weighted by atomic mass is 16.2. The number of nitrogens with one attached hydrogen (secondary N) is 1. The number of benzene rings is 2. The van der Waals surface area contributed by atoms with E-state index in [4.69, 9.17) is 0 Å². The van der Waals surface area contributed by atoms with Crippen molar-refractivity contribution in [3.8, 4) is 0 Å². The third-order valence-corrected chi connectivity index (χ3v) is 5.54. The Bertz CT molecular complexity index is 821. The Morgan fingerprint density at radius 1 is 1.03 bits per heavy atom. The molecule has 0 unspecified atom stereocenters. The third kappa shape index (κ3) is 5.94. The third-order valence-electron chi connectivity index (χ3n) is 5.54. The molecule has 3 rings (SSSR count). The van der Waals surface area contributed by atoms with E-state index in [1.807, 2.05) is 11.0 Å². The molecule has 1 fully saturated rings. The van der Waals surface area contributed by atoms with Crippen LogP contribution in [-0.4, -0.2) is 55.0 Å². The second-order valence-corrected chi connectivity index (χ2v) is 8.04. The normalized spacial score (nSPS) is 15.2. The Kier molecular flexibility index (Phi) is 7.48. The predicted octanol–water partition coefficient (Wildman–Crippen LogP) is 4.39. The predicted molar refractivity (Wildman–Crippen MR) is 122 cm³/mol. The molecule has 1 amide bonds. The first-order chi connectivity index (χ1) is 14.0. The molecule has 4 nitrogen and oxygen atoms in total. The van der Waals surface area contributed by atoms with Gasteiger partial charge in [-0.25, -0.2) is 0 Å². The van der Waals surface area contributed by atoms with E-state index in [0.717, 1.165) is 38.4 Å². The summed E-state index contributed by atoms with van der Waals surface area (Å²) in [7, 11) is 0. The number of para-hydroxylation sites is 1. The van der Waals surface area contributed by atoms with Gasteiger partial charge in [0.25, 0.3) is 0 Å². The largest absolute Gasteiger partial charge is 0.376 e. The van der Waals surface area contributed by atoms with Crippen LogP contribution in [0.1, 0.15) is 36.5 Å². The van der Waals surface area contributed by atoms with Crippen molar-refractivity contribution in [3.05, 3.63) is 71.3 Å². The smallest absolute Gasteiger partial charge is 0.241 e. The zero-order valence-corrected chi connectivity index (χ0v) is 17.9. The fourth-order valence-electron chi connectivity index (χ4n) is 3.77. The summed E-state index contributed by atoms with van der Waals surface area (Å²) in [6.07, 6.45) is 4.37. The molecule has 4 heteroatoms. The summed E-state index contributed by atoms with van der Waals surface area (Å²) in [5.41, 5.74) is 4.80. The molecular weight excluding hydrogens is 358 g/mol. The summed E-state index contributed by atoms with van der Waals surface area (Å²) in [6.45, 7) is 11.2. The van der Waals surface area contributed by atoms with Gasteiger partial charge in [-0.15, -0.1) is 0 Å². The number of nitrogens with zero attached hydrogens (tertiary/aromatic N) is 2. The molecular formula is C25H33N3O. The van der Waals surface area contributed by atoms with E-state index < -0.39 is 0 Å². The van der Waals surface area contributed by atoms with Gasteiger partial charge < -0.3 is 10.2 Å². The van der Waals surface area contributed by atoms with Crippen molar-refractivity contribution in [1.29, 1.82) is 0 Å². The van der Waals surface area contributed by atoms with Gasteiger partial charge in [0.2, 0.25) is 5.91 Å². The first-order valence-corrected chi connectivity index (χ1v) is 10.6. The number of hydrogen-bond acceptors (Lipinski definition) is 3. The molecule has 1 heterocycles. The fraction of sp³-hybridized carbons (Fsp3) is 0.400. The molecule has 0 saturated carbocycles. The molecule has 2 aromatic carbocycles. The van der Waals surface area contributed by atoms with Crippen LogP contribution in [0.2, 0.25) is 0 Å². The number of amides is 1. The Hall–Kier alpha value is -2.59. The van der Waals surface area contributed by atoms with Crippen molar-refractivity contribution >= 4 is 17.7 Å². The lowest BCUT2D eigenvalue weighted by Crippen LogP contribution is -2.50. The molecule has 1 N–H and O–H groups in total. The molecule has 0 aliphatic carbocycles. The van der Waals surface area contributed by atoms with Crippen molar-refractivity contribution < 1.29 is 4.79 Å². The minimum Gasteiger partial charge on any atom is -0.376 e. The molecule has 0 atom stereocenters. The SMILES string of the molecule is Cc1cccc(C(C)C)c1NCC(=O)N1CCN(C/C=C/c2ccccc2)CC1. The quantitative estimate of drug-likeness (QED) is 0.760. The van der Waals surface area contributed by atoms with Gasteiger partial charge in [-0.2, -0.15) is 0 Å². The molecule has 29 heavy (non-hydrogen) atoms. The van der Waals surface area contributed by atoms with E-state index in [1.165, 1.54) is 16.7 Å². The van der Waals surface area contributed by atoms with Crippen LogP contribution in [0.4, 0.5) is 5.69 Å². The van der Waals surface area contributed by atoms with E-state index >= 15 is 0 Å². The van der Waals surface area contributed by atoms with E-state index in [1.54, 1.807) is 0 Å². The zero-order chi connectivity index (χ0) is 20.6. The lowest BCUT2D eigenvalue weighted by molar-refractivity contribution is -0.130. The molecule has 0 spiro atoms. The van der Waals surface area contributed by atoms with Crippen LogP contribution >= 0.6 is 0 Å². The molecule has 0 bridgehead atoms. The Morgan fingerprint density at radius 3 is 2.45 bits per heavy atom. The molecule has 0 radical (unpaired) electrons. The summed E-state index contributed by atoms with van der Waals surface area (Å²) in [6, 6.07) is 16.7. The highest BCUT2D eigenvalue weighted by Gasteiger charge is 2.20. The summed E-state index contributed by atoms with van der Waals surface area (Å²) >= 11 is 0. The van der Waals surface area contributed by atoms with Gasteiger partial charge in [-0.3, -0.25) is 9.69 Å². The van der Waals surface area contributed by atoms with Gasteiger partial charge in [0.15, 0.2) is 0 Å². The average Bonchev–Trinajstić information content (AvgIpc) is 2.73. The number of anilines is 1. The van der Waals surface area contributed by atoms with Crippen molar-refractivity contribution in [2.75, 3.05) is 44.6 Å². The van der Waals surface area contributed by atoms with Crippen molar-refractivity contribution in [1.82, 2.24) is 9.80 Å². The number of piperazine rings is 1. The van der Waals surface area contributed by atoms with E-state index in [-0.39, 0.29) is 5.91 Å². The minimum absolute atomic E-state index is 0.183. The Labute approximate surface area is 175 Å². The van der Waals surface area contributed by atoms with Crippen LogP contribution < -0.4 is 5.32 Å². The van der Waals surface area contributed by atoms with E-state index in [9.17, 15) is 4.79 Å². The summed E-state index contributed by atoms with van der Waals surface area (Å²) in [5.74, 6) is 0.613. The number of carbonyl (C=O) groups excluding carboxylic acids is 1. The lowest BCUT2D eigenvalue weighted by Gasteiger charge is -2.34. The van der Waals surface area contributed by atoms with Crippen LogP contribution in [0.3, 0.4) is 0 Å². The van der Waals surface area contributed by atoms with Gasteiger partial charge in [0.1, 0.15) is 0 Å². The van der Waals surface area contributed by atoms with Crippen molar-refractivity contribution in [2.24, 2.45) is 0 Å². The number of aryl methyl sites for hydroxylation is 1. The molecule has 0 aromatic heterocycles.